The molecule has 1 aliphatic carbocycles. The van der Waals surface area contributed by atoms with Gasteiger partial charge in [0, 0.05) is 17.7 Å². The van der Waals surface area contributed by atoms with E-state index in [-0.39, 0.29) is 11.8 Å². The van der Waals surface area contributed by atoms with Gasteiger partial charge in [0.15, 0.2) is 5.78 Å². The minimum absolute atomic E-state index is 0.190. The summed E-state index contributed by atoms with van der Waals surface area (Å²) in [6.07, 6.45) is 3.44. The molecule has 2 atom stereocenters. The molecule has 0 saturated heterocycles. The second-order valence-electron chi connectivity index (χ2n) is 6.63. The number of anilines is 1. The van der Waals surface area contributed by atoms with E-state index in [4.69, 9.17) is 0 Å². The Kier molecular flexibility index (Phi) is 3.72. The molecule has 2 aromatic rings. The molecular weight excluding hydrogens is 320 g/mol. The number of hydrogen-bond donors (Lipinski definition) is 1. The van der Waals surface area contributed by atoms with E-state index in [2.05, 4.69) is 53.5 Å². The predicted octanol–water partition coefficient (Wildman–Crippen LogP) is 3.58. The Morgan fingerprint density at radius 3 is 2.71 bits per heavy atom. The number of hydrogen-bond acceptors (Lipinski definition) is 5. The normalized spacial score (nSPS) is 22.9. The third kappa shape index (κ3) is 2.45. The van der Waals surface area contributed by atoms with Crippen molar-refractivity contribution in [2.75, 3.05) is 11.6 Å². The Hall–Kier alpha value is -2.08. The number of Topliss-reactive ketones (excluding diaryl/α,β-unsaturated/α-hetero) is 1. The molecule has 6 heteroatoms. The molecule has 2 aliphatic rings. The van der Waals surface area contributed by atoms with Crippen LogP contribution < -0.4 is 5.32 Å². The Labute approximate surface area is 145 Å². The van der Waals surface area contributed by atoms with Gasteiger partial charge in [0.05, 0.1) is 0 Å². The molecule has 0 bridgehead atoms. The van der Waals surface area contributed by atoms with Gasteiger partial charge < -0.3 is 5.32 Å². The number of rotatable bonds is 2. The number of ketones is 1. The number of aromatic nitrogens is 3. The van der Waals surface area contributed by atoms with Gasteiger partial charge in [0.2, 0.25) is 11.1 Å². The largest absolute Gasteiger partial charge is 0.328 e. The summed E-state index contributed by atoms with van der Waals surface area (Å²) in [5.74, 6) is 1.30. The number of aryl methyl sites for hydroxylation is 1. The van der Waals surface area contributed by atoms with Gasteiger partial charge in [-0.05, 0) is 31.1 Å². The Bertz CT molecular complexity index is 837. The van der Waals surface area contributed by atoms with Gasteiger partial charge in [0.25, 0.3) is 0 Å². The van der Waals surface area contributed by atoms with Crippen LogP contribution in [0.25, 0.3) is 0 Å². The van der Waals surface area contributed by atoms with Gasteiger partial charge >= 0.3 is 0 Å². The zero-order chi connectivity index (χ0) is 16.8. The molecule has 0 amide bonds. The maximum absolute atomic E-state index is 12.8. The number of fused-ring (bicyclic) bond motifs is 1. The summed E-state index contributed by atoms with van der Waals surface area (Å²) in [6, 6.07) is 8.15. The topological polar surface area (TPSA) is 59.8 Å². The number of carbonyl (C=O) groups excluding carboxylic acids is 1. The minimum Gasteiger partial charge on any atom is -0.328 e. The molecule has 4 rings (SSSR count). The van der Waals surface area contributed by atoms with Crippen molar-refractivity contribution < 1.29 is 4.79 Å². The molecule has 1 aromatic carbocycles. The van der Waals surface area contributed by atoms with Crippen molar-refractivity contribution in [2.45, 2.75) is 37.9 Å². The first-order valence-electron chi connectivity index (χ1n) is 8.17. The van der Waals surface area contributed by atoms with Crippen molar-refractivity contribution >= 4 is 23.5 Å². The zero-order valence-corrected chi connectivity index (χ0v) is 14.9. The fourth-order valence-corrected chi connectivity index (χ4v) is 3.88. The van der Waals surface area contributed by atoms with E-state index < -0.39 is 0 Å². The van der Waals surface area contributed by atoms with Gasteiger partial charge in [-0.15, -0.1) is 5.10 Å². The highest BCUT2D eigenvalue weighted by molar-refractivity contribution is 7.98. The van der Waals surface area contributed by atoms with Crippen molar-refractivity contribution in [3.05, 3.63) is 46.7 Å². The SMILES string of the molecule is CSc1nc2n(n1)[C@@H](c1ccc(C)cc1)C1=C(C[C@@H](C)CC1=O)N2. The number of nitrogens with one attached hydrogen (secondary N) is 1. The van der Waals surface area contributed by atoms with E-state index in [1.165, 1.54) is 17.3 Å². The van der Waals surface area contributed by atoms with Crippen molar-refractivity contribution in [1.29, 1.82) is 0 Å². The molecule has 0 unspecified atom stereocenters. The summed E-state index contributed by atoms with van der Waals surface area (Å²) in [6.45, 7) is 4.19. The fraction of sp³-hybridized carbons (Fsp3) is 0.389. The van der Waals surface area contributed by atoms with E-state index in [0.717, 1.165) is 34.4 Å². The molecule has 0 spiro atoms. The van der Waals surface area contributed by atoms with Crippen LogP contribution in [0.15, 0.2) is 40.7 Å². The molecule has 2 heterocycles. The molecule has 1 aliphatic heterocycles. The van der Waals surface area contributed by atoms with Gasteiger partial charge in [-0.25, -0.2) is 4.68 Å². The standard InChI is InChI=1S/C18H20N4OS/c1-10-4-6-12(7-5-10)16-15-13(8-11(2)9-14(15)23)19-17-20-18(24-3)21-22(16)17/h4-7,11,16H,8-9H2,1-3H3,(H,19,20,21)/t11-,16+/m1/s1. The van der Waals surface area contributed by atoms with Gasteiger partial charge in [-0.2, -0.15) is 4.98 Å². The Morgan fingerprint density at radius 1 is 1.25 bits per heavy atom. The van der Waals surface area contributed by atoms with Crippen molar-refractivity contribution in [1.82, 2.24) is 14.8 Å². The lowest BCUT2D eigenvalue weighted by Crippen LogP contribution is -2.33. The van der Waals surface area contributed by atoms with Crippen LogP contribution >= 0.6 is 11.8 Å². The molecule has 5 nitrogen and oxygen atoms in total. The number of carbonyl (C=O) groups is 1. The Balaban J connectivity index is 1.90. The third-order valence-corrected chi connectivity index (χ3v) is 5.22. The summed E-state index contributed by atoms with van der Waals surface area (Å²) < 4.78 is 1.86. The lowest BCUT2D eigenvalue weighted by molar-refractivity contribution is -0.117. The average molecular weight is 340 g/mol. The van der Waals surface area contributed by atoms with Crippen LogP contribution in [-0.2, 0) is 4.79 Å². The smallest absolute Gasteiger partial charge is 0.227 e. The van der Waals surface area contributed by atoms with Gasteiger partial charge in [0.1, 0.15) is 6.04 Å². The molecule has 0 radical (unpaired) electrons. The van der Waals surface area contributed by atoms with Crippen LogP contribution in [0.3, 0.4) is 0 Å². The van der Waals surface area contributed by atoms with Crippen LogP contribution in [0.4, 0.5) is 5.95 Å². The van der Waals surface area contributed by atoms with Gasteiger partial charge in [-0.1, -0.05) is 48.5 Å². The van der Waals surface area contributed by atoms with Crippen molar-refractivity contribution in [3.63, 3.8) is 0 Å². The molecule has 124 valence electrons. The number of thioether (sulfide) groups is 1. The first-order chi connectivity index (χ1) is 11.6. The van der Waals surface area contributed by atoms with E-state index in [1.54, 1.807) is 0 Å². The highest BCUT2D eigenvalue weighted by Crippen LogP contribution is 2.41. The summed E-state index contributed by atoms with van der Waals surface area (Å²) in [4.78, 5) is 17.4. The molecule has 0 saturated carbocycles. The monoisotopic (exact) mass is 340 g/mol. The summed E-state index contributed by atoms with van der Waals surface area (Å²) >= 11 is 1.51. The maximum Gasteiger partial charge on any atom is 0.227 e. The van der Waals surface area contributed by atoms with E-state index in [1.807, 2.05) is 10.9 Å². The molecular formula is C18H20N4OS. The van der Waals surface area contributed by atoms with Crippen LogP contribution in [-0.4, -0.2) is 26.8 Å². The number of nitrogens with zero attached hydrogens (tertiary/aromatic N) is 3. The van der Waals surface area contributed by atoms with E-state index in [9.17, 15) is 4.79 Å². The van der Waals surface area contributed by atoms with Crippen molar-refractivity contribution in [3.8, 4) is 0 Å². The molecule has 0 fully saturated rings. The summed E-state index contributed by atoms with van der Waals surface area (Å²) in [7, 11) is 0. The van der Waals surface area contributed by atoms with E-state index >= 15 is 0 Å². The summed E-state index contributed by atoms with van der Waals surface area (Å²) in [5.41, 5.74) is 4.14. The number of allylic oxidation sites excluding steroid dienone is 2. The van der Waals surface area contributed by atoms with Crippen molar-refractivity contribution in [2.24, 2.45) is 5.92 Å². The van der Waals surface area contributed by atoms with Crippen LogP contribution in [0.2, 0.25) is 0 Å². The lowest BCUT2D eigenvalue weighted by atomic mass is 9.81. The zero-order valence-electron chi connectivity index (χ0n) is 14.0. The van der Waals surface area contributed by atoms with Crippen LogP contribution in [0.5, 0.6) is 0 Å². The molecule has 24 heavy (non-hydrogen) atoms. The second-order valence-corrected chi connectivity index (χ2v) is 7.41. The maximum atomic E-state index is 12.8. The highest BCUT2D eigenvalue weighted by Gasteiger charge is 2.38. The predicted molar refractivity (Wildman–Crippen MR) is 95.2 cm³/mol. The molecule has 1 N–H and O–H groups in total. The lowest BCUT2D eigenvalue weighted by Gasteiger charge is -2.34. The van der Waals surface area contributed by atoms with Crippen LogP contribution in [0.1, 0.15) is 36.9 Å². The first kappa shape index (κ1) is 15.4. The first-order valence-corrected chi connectivity index (χ1v) is 9.39. The van der Waals surface area contributed by atoms with Gasteiger partial charge in [-0.3, -0.25) is 4.79 Å². The Morgan fingerprint density at radius 2 is 2.00 bits per heavy atom. The fourth-order valence-electron chi connectivity index (χ4n) is 3.53. The van der Waals surface area contributed by atoms with E-state index in [0.29, 0.717) is 12.3 Å². The third-order valence-electron chi connectivity index (χ3n) is 4.68. The molecule has 1 aromatic heterocycles. The summed E-state index contributed by atoms with van der Waals surface area (Å²) in [5, 5.41) is 8.69. The average Bonchev–Trinajstić information content (AvgIpc) is 2.96. The number of benzene rings is 1. The minimum atomic E-state index is -0.190. The second kappa shape index (κ2) is 5.77. The highest BCUT2D eigenvalue weighted by atomic mass is 32.2. The quantitative estimate of drug-likeness (QED) is 0.847. The van der Waals surface area contributed by atoms with Crippen LogP contribution in [0, 0.1) is 12.8 Å².